The molecule has 0 radical (unpaired) electrons. The van der Waals surface area contributed by atoms with Gasteiger partial charge < -0.3 is 13.9 Å². The highest BCUT2D eigenvalue weighted by Gasteiger charge is 2.53. The minimum absolute atomic E-state index is 0.0269. The first-order valence-electron chi connectivity index (χ1n) is 8.09. The van der Waals surface area contributed by atoms with E-state index in [0.717, 1.165) is 6.42 Å². The maximum Gasteiger partial charge on any atom is 0.301 e. The van der Waals surface area contributed by atoms with E-state index >= 15 is 0 Å². The summed E-state index contributed by atoms with van der Waals surface area (Å²) in [4.78, 5) is 15.4. The van der Waals surface area contributed by atoms with Crippen LogP contribution in [0.2, 0.25) is 18.1 Å². The second kappa shape index (κ2) is 5.16. The van der Waals surface area contributed by atoms with Crippen molar-refractivity contribution in [1.29, 1.82) is 0 Å². The summed E-state index contributed by atoms with van der Waals surface area (Å²) < 4.78 is 20.4. The fraction of sp³-hybridized carbons (Fsp3) is 0.750. The monoisotopic (exact) mass is 338 g/mol. The van der Waals surface area contributed by atoms with E-state index in [4.69, 9.17) is 13.9 Å². The van der Waals surface area contributed by atoms with Crippen molar-refractivity contribution in [2.45, 2.75) is 70.2 Å². The van der Waals surface area contributed by atoms with Crippen LogP contribution in [-0.2, 0) is 9.16 Å². The van der Waals surface area contributed by atoms with Gasteiger partial charge in [-0.05, 0) is 25.1 Å². The molecule has 1 unspecified atom stereocenters. The van der Waals surface area contributed by atoms with Crippen LogP contribution in [0.4, 0.5) is 0 Å². The molecule has 23 heavy (non-hydrogen) atoms. The lowest BCUT2D eigenvalue weighted by Gasteiger charge is -2.41. The van der Waals surface area contributed by atoms with Gasteiger partial charge in [-0.3, -0.25) is 9.36 Å². The summed E-state index contributed by atoms with van der Waals surface area (Å²) in [5.41, 5.74) is -0.829. The fourth-order valence-corrected chi connectivity index (χ4v) is 4.21. The molecule has 0 aliphatic carbocycles. The van der Waals surface area contributed by atoms with E-state index in [1.807, 2.05) is 6.92 Å². The van der Waals surface area contributed by atoms with Gasteiger partial charge in [-0.1, -0.05) is 20.8 Å². The van der Waals surface area contributed by atoms with Gasteiger partial charge in [0.2, 0.25) is 0 Å². The molecule has 0 saturated carbocycles. The normalized spacial score (nSPS) is 30.5. The molecule has 1 aromatic rings. The second-order valence-corrected chi connectivity index (χ2v) is 13.0. The van der Waals surface area contributed by atoms with E-state index in [0.29, 0.717) is 12.6 Å². The highest BCUT2D eigenvalue weighted by Crippen LogP contribution is 2.46. The zero-order valence-electron chi connectivity index (χ0n) is 14.8. The van der Waals surface area contributed by atoms with E-state index in [1.54, 1.807) is 10.8 Å². The molecule has 0 spiro atoms. The summed E-state index contributed by atoms with van der Waals surface area (Å²) in [7, 11) is -1.90. The van der Waals surface area contributed by atoms with Crippen molar-refractivity contribution in [1.82, 2.24) is 9.55 Å². The van der Waals surface area contributed by atoms with Crippen LogP contribution in [0, 0.1) is 0 Å². The first-order chi connectivity index (χ1) is 10.5. The Labute approximate surface area is 137 Å². The molecule has 3 rings (SSSR count). The first-order valence-corrected chi connectivity index (χ1v) is 11.0. The number of hydrogen-bond acceptors (Lipinski definition) is 5. The van der Waals surface area contributed by atoms with Crippen LogP contribution in [0.1, 0.15) is 40.3 Å². The molecule has 0 aromatic carbocycles. The van der Waals surface area contributed by atoms with Gasteiger partial charge in [0, 0.05) is 18.7 Å². The van der Waals surface area contributed by atoms with Crippen molar-refractivity contribution in [3.05, 3.63) is 22.6 Å². The fourth-order valence-electron chi connectivity index (χ4n) is 2.80. The molecule has 128 valence electrons. The maximum absolute atomic E-state index is 11.4. The Morgan fingerprint density at radius 1 is 1.43 bits per heavy atom. The number of fused-ring (bicyclic) bond motifs is 4. The molecule has 2 bridgehead atoms. The van der Waals surface area contributed by atoms with Crippen LogP contribution >= 0.6 is 0 Å². The molecule has 2 aliphatic rings. The minimum Gasteiger partial charge on any atom is -0.461 e. The SMILES string of the molecule is CC(C)(C)[Si](C)(C)OC1C[C@@H]2O[C@]1(C)COc1nc(=O)ccn12. The van der Waals surface area contributed by atoms with Crippen LogP contribution in [-0.4, -0.2) is 36.2 Å². The predicted molar refractivity (Wildman–Crippen MR) is 89.2 cm³/mol. The molecule has 3 atom stereocenters. The Kier molecular flexibility index (Phi) is 3.74. The van der Waals surface area contributed by atoms with Gasteiger partial charge in [0.1, 0.15) is 18.4 Å². The molecule has 1 fully saturated rings. The standard InChI is InChI=1S/C16H26N2O4Si/c1-15(2,3)23(5,6)22-11-9-13-18-8-7-12(19)17-14(18)20-10-16(11,4)21-13/h7-8,11,13H,9-10H2,1-6H3/t11?,13-,16+/m0/s1. The summed E-state index contributed by atoms with van der Waals surface area (Å²) in [6.07, 6.45) is 2.20. The van der Waals surface area contributed by atoms with Crippen LogP contribution in [0.25, 0.3) is 0 Å². The summed E-state index contributed by atoms with van der Waals surface area (Å²) in [6.45, 7) is 13.6. The third kappa shape index (κ3) is 2.85. The van der Waals surface area contributed by atoms with E-state index in [2.05, 4.69) is 38.8 Å². The largest absolute Gasteiger partial charge is 0.461 e. The van der Waals surface area contributed by atoms with Gasteiger partial charge in [-0.25, -0.2) is 0 Å². The van der Waals surface area contributed by atoms with Crippen LogP contribution in [0.15, 0.2) is 17.1 Å². The van der Waals surface area contributed by atoms with Crippen molar-refractivity contribution in [3.8, 4) is 6.01 Å². The van der Waals surface area contributed by atoms with E-state index in [9.17, 15) is 4.79 Å². The first kappa shape index (κ1) is 16.7. The molecule has 0 amide bonds. The Bertz CT molecular complexity index is 667. The Hall–Kier alpha value is -1.18. The maximum atomic E-state index is 11.4. The molecule has 2 aliphatic heterocycles. The summed E-state index contributed by atoms with van der Waals surface area (Å²) in [5.74, 6) is 0. The predicted octanol–water partition coefficient (Wildman–Crippen LogP) is 2.70. The Balaban J connectivity index is 1.89. The summed E-state index contributed by atoms with van der Waals surface area (Å²) >= 11 is 0. The van der Waals surface area contributed by atoms with Gasteiger partial charge in [0.15, 0.2) is 8.32 Å². The second-order valence-electron chi connectivity index (χ2n) is 8.23. The van der Waals surface area contributed by atoms with Crippen molar-refractivity contribution >= 4 is 8.32 Å². The van der Waals surface area contributed by atoms with Crippen molar-refractivity contribution in [2.24, 2.45) is 0 Å². The zero-order valence-corrected chi connectivity index (χ0v) is 15.8. The summed E-state index contributed by atoms with van der Waals surface area (Å²) in [5, 5.41) is 0.140. The third-order valence-electron chi connectivity index (χ3n) is 5.35. The van der Waals surface area contributed by atoms with E-state index < -0.39 is 13.9 Å². The smallest absolute Gasteiger partial charge is 0.301 e. The molecular weight excluding hydrogens is 312 g/mol. The van der Waals surface area contributed by atoms with Gasteiger partial charge in [-0.2, -0.15) is 4.98 Å². The van der Waals surface area contributed by atoms with Gasteiger partial charge >= 0.3 is 6.01 Å². The average Bonchev–Trinajstić information content (AvgIpc) is 2.64. The number of aromatic nitrogens is 2. The average molecular weight is 338 g/mol. The molecule has 6 nitrogen and oxygen atoms in total. The Morgan fingerprint density at radius 3 is 2.78 bits per heavy atom. The minimum atomic E-state index is -1.90. The molecule has 7 heteroatoms. The van der Waals surface area contributed by atoms with E-state index in [1.165, 1.54) is 6.07 Å². The number of hydrogen-bond donors (Lipinski definition) is 0. The van der Waals surface area contributed by atoms with Crippen LogP contribution < -0.4 is 10.3 Å². The highest BCUT2D eigenvalue weighted by molar-refractivity contribution is 6.74. The third-order valence-corrected chi connectivity index (χ3v) is 9.83. The molecule has 1 aromatic heterocycles. The van der Waals surface area contributed by atoms with Crippen molar-refractivity contribution < 1.29 is 13.9 Å². The van der Waals surface area contributed by atoms with Crippen molar-refractivity contribution in [2.75, 3.05) is 6.61 Å². The van der Waals surface area contributed by atoms with E-state index in [-0.39, 0.29) is 22.9 Å². The number of ether oxygens (including phenoxy) is 2. The lowest BCUT2D eigenvalue weighted by molar-refractivity contribution is -0.0925. The van der Waals surface area contributed by atoms with Gasteiger partial charge in [-0.15, -0.1) is 0 Å². The lowest BCUT2D eigenvalue weighted by Crippen LogP contribution is -2.51. The molecular formula is C16H26N2O4Si. The van der Waals surface area contributed by atoms with Crippen LogP contribution in [0.3, 0.4) is 0 Å². The van der Waals surface area contributed by atoms with Gasteiger partial charge in [0.25, 0.3) is 5.56 Å². The lowest BCUT2D eigenvalue weighted by atomic mass is 10.0. The highest BCUT2D eigenvalue weighted by atomic mass is 28.4. The topological polar surface area (TPSA) is 62.6 Å². The number of nitrogens with zero attached hydrogens (tertiary/aromatic N) is 2. The molecule has 0 N–H and O–H groups in total. The molecule has 1 saturated heterocycles. The summed E-state index contributed by atoms with van der Waals surface area (Å²) in [6, 6.07) is 1.76. The van der Waals surface area contributed by atoms with Crippen LogP contribution in [0.5, 0.6) is 6.01 Å². The quantitative estimate of drug-likeness (QED) is 0.776. The molecule has 3 heterocycles. The number of rotatable bonds is 2. The van der Waals surface area contributed by atoms with Gasteiger partial charge in [0.05, 0.1) is 6.10 Å². The van der Waals surface area contributed by atoms with Crippen molar-refractivity contribution in [3.63, 3.8) is 0 Å². The zero-order chi connectivity index (χ0) is 17.0. The Morgan fingerprint density at radius 2 is 2.13 bits per heavy atom.